The minimum absolute atomic E-state index is 0.199. The maximum Gasteiger partial charge on any atom is 0.339 e. The van der Waals surface area contributed by atoms with Crippen LogP contribution in [0.1, 0.15) is 11.1 Å². The van der Waals surface area contributed by atoms with Gasteiger partial charge in [0.1, 0.15) is 11.3 Å². The van der Waals surface area contributed by atoms with E-state index >= 15 is 0 Å². The molecular formula is C22H19N3O5. The van der Waals surface area contributed by atoms with Crippen molar-refractivity contribution in [2.24, 2.45) is 7.05 Å². The molecule has 4 rings (SSSR count). The van der Waals surface area contributed by atoms with E-state index in [1.165, 1.54) is 10.9 Å². The van der Waals surface area contributed by atoms with E-state index in [1.54, 1.807) is 50.4 Å². The summed E-state index contributed by atoms with van der Waals surface area (Å²) < 4.78 is 12.2. The first-order valence-corrected chi connectivity index (χ1v) is 9.25. The van der Waals surface area contributed by atoms with Crippen molar-refractivity contribution in [3.05, 3.63) is 74.6 Å². The summed E-state index contributed by atoms with van der Waals surface area (Å²) in [5.41, 5.74) is 2.24. The lowest BCUT2D eigenvalue weighted by atomic mass is 10.1. The fourth-order valence-electron chi connectivity index (χ4n) is 3.15. The van der Waals surface area contributed by atoms with E-state index in [-0.39, 0.29) is 12.2 Å². The van der Waals surface area contributed by atoms with Gasteiger partial charge in [0.25, 0.3) is 11.5 Å². The number of hydrogen-bond donors (Lipinski definition) is 1. The number of aromatic nitrogens is 2. The molecule has 0 aliphatic heterocycles. The first kappa shape index (κ1) is 19.4. The van der Waals surface area contributed by atoms with Gasteiger partial charge in [0, 0.05) is 29.8 Å². The summed E-state index contributed by atoms with van der Waals surface area (Å²) in [7, 11) is 1.61. The standard InChI is InChI=1S/C22H19N3O5/c1-12-13(2)22(28)30-19-9-15(5-6-16(12)19)29-10-20(26)24-14-4-7-18-17(8-14)21(27)25(3)11-23-18/h4-9,11H,10H2,1-3H3,(H,24,26). The number of nitrogens with one attached hydrogen (secondary N) is 1. The first-order valence-electron chi connectivity index (χ1n) is 9.25. The van der Waals surface area contributed by atoms with E-state index in [4.69, 9.17) is 9.15 Å². The lowest BCUT2D eigenvalue weighted by molar-refractivity contribution is -0.118. The van der Waals surface area contributed by atoms with Crippen molar-refractivity contribution < 1.29 is 13.9 Å². The molecule has 0 fully saturated rings. The Kier molecular flexibility index (Phi) is 4.83. The Labute approximate surface area is 170 Å². The zero-order valence-electron chi connectivity index (χ0n) is 16.7. The van der Waals surface area contributed by atoms with E-state index in [0.717, 1.165) is 10.9 Å². The molecule has 1 N–H and O–H groups in total. The molecule has 4 aromatic rings. The van der Waals surface area contributed by atoms with Gasteiger partial charge in [0.05, 0.1) is 17.2 Å². The van der Waals surface area contributed by atoms with Crippen LogP contribution in [0.2, 0.25) is 0 Å². The van der Waals surface area contributed by atoms with E-state index in [0.29, 0.717) is 33.5 Å². The zero-order chi connectivity index (χ0) is 21.4. The zero-order valence-corrected chi connectivity index (χ0v) is 16.7. The molecule has 30 heavy (non-hydrogen) atoms. The number of rotatable bonds is 4. The van der Waals surface area contributed by atoms with Crippen LogP contribution in [0.5, 0.6) is 5.75 Å². The van der Waals surface area contributed by atoms with Crippen molar-refractivity contribution in [1.82, 2.24) is 9.55 Å². The van der Waals surface area contributed by atoms with Gasteiger partial charge in [-0.1, -0.05) is 0 Å². The fraction of sp³-hybridized carbons (Fsp3) is 0.182. The molecule has 0 spiro atoms. The van der Waals surface area contributed by atoms with Gasteiger partial charge in [0.15, 0.2) is 6.61 Å². The predicted octanol–water partition coefficient (Wildman–Crippen LogP) is 2.67. The van der Waals surface area contributed by atoms with Crippen molar-refractivity contribution in [3.63, 3.8) is 0 Å². The lowest BCUT2D eigenvalue weighted by Gasteiger charge is -2.10. The van der Waals surface area contributed by atoms with Crippen LogP contribution in [0.3, 0.4) is 0 Å². The van der Waals surface area contributed by atoms with Crippen LogP contribution < -0.4 is 21.2 Å². The Morgan fingerprint density at radius 1 is 1.10 bits per heavy atom. The normalized spacial score (nSPS) is 11.0. The molecule has 0 radical (unpaired) electrons. The quantitative estimate of drug-likeness (QED) is 0.524. The Bertz CT molecular complexity index is 1420. The molecule has 8 nitrogen and oxygen atoms in total. The molecule has 2 heterocycles. The number of amides is 1. The first-order chi connectivity index (χ1) is 14.3. The Morgan fingerprint density at radius 3 is 2.70 bits per heavy atom. The molecule has 0 aliphatic carbocycles. The maximum atomic E-state index is 12.3. The van der Waals surface area contributed by atoms with Crippen LogP contribution >= 0.6 is 0 Å². The summed E-state index contributed by atoms with van der Waals surface area (Å²) in [6.45, 7) is 3.33. The number of benzene rings is 2. The molecule has 0 atom stereocenters. The third-order valence-corrected chi connectivity index (χ3v) is 5.00. The number of carbonyl (C=O) groups is 1. The minimum atomic E-state index is -0.396. The topological polar surface area (TPSA) is 103 Å². The van der Waals surface area contributed by atoms with Gasteiger partial charge in [0.2, 0.25) is 0 Å². The fourth-order valence-corrected chi connectivity index (χ4v) is 3.15. The van der Waals surface area contributed by atoms with Crippen molar-refractivity contribution >= 4 is 33.5 Å². The smallest absolute Gasteiger partial charge is 0.339 e. The van der Waals surface area contributed by atoms with Gasteiger partial charge in [-0.25, -0.2) is 9.78 Å². The van der Waals surface area contributed by atoms with Gasteiger partial charge in [-0.3, -0.25) is 9.59 Å². The molecule has 0 saturated carbocycles. The second-order valence-electron chi connectivity index (χ2n) is 7.03. The largest absolute Gasteiger partial charge is 0.484 e. The highest BCUT2D eigenvalue weighted by Gasteiger charge is 2.10. The second-order valence-corrected chi connectivity index (χ2v) is 7.03. The molecular weight excluding hydrogens is 386 g/mol. The van der Waals surface area contributed by atoms with Crippen LogP contribution in [0.25, 0.3) is 21.9 Å². The molecule has 152 valence electrons. The Morgan fingerprint density at radius 2 is 1.90 bits per heavy atom. The highest BCUT2D eigenvalue weighted by atomic mass is 16.5. The highest BCUT2D eigenvalue weighted by molar-refractivity contribution is 5.94. The van der Waals surface area contributed by atoms with Crippen LogP contribution in [0, 0.1) is 13.8 Å². The van der Waals surface area contributed by atoms with Crippen LogP contribution in [-0.2, 0) is 11.8 Å². The molecule has 0 aliphatic rings. The van der Waals surface area contributed by atoms with Crippen LogP contribution in [0.15, 0.2) is 56.7 Å². The number of carbonyl (C=O) groups excluding carboxylic acids is 1. The monoisotopic (exact) mass is 405 g/mol. The average molecular weight is 405 g/mol. The molecule has 0 unspecified atom stereocenters. The van der Waals surface area contributed by atoms with Gasteiger partial charge in [-0.2, -0.15) is 0 Å². The third-order valence-electron chi connectivity index (χ3n) is 5.00. The molecule has 0 saturated heterocycles. The van der Waals surface area contributed by atoms with E-state index in [9.17, 15) is 14.4 Å². The molecule has 1 amide bonds. The van der Waals surface area contributed by atoms with Gasteiger partial charge in [-0.05, 0) is 49.7 Å². The minimum Gasteiger partial charge on any atom is -0.484 e. The van der Waals surface area contributed by atoms with Crippen LogP contribution in [-0.4, -0.2) is 22.1 Å². The summed E-state index contributed by atoms with van der Waals surface area (Å²) in [5, 5.41) is 3.93. The lowest BCUT2D eigenvalue weighted by Crippen LogP contribution is -2.21. The van der Waals surface area contributed by atoms with Crippen molar-refractivity contribution in [2.75, 3.05) is 11.9 Å². The summed E-state index contributed by atoms with van der Waals surface area (Å²) in [6.07, 6.45) is 1.45. The maximum absolute atomic E-state index is 12.3. The number of aryl methyl sites for hydroxylation is 2. The van der Waals surface area contributed by atoms with E-state index in [2.05, 4.69) is 10.3 Å². The number of ether oxygens (including phenoxy) is 1. The molecule has 0 bridgehead atoms. The predicted molar refractivity (Wildman–Crippen MR) is 113 cm³/mol. The Hall–Kier alpha value is -3.94. The number of nitrogens with zero attached hydrogens (tertiary/aromatic N) is 2. The summed E-state index contributed by atoms with van der Waals surface area (Å²) in [4.78, 5) is 40.5. The third kappa shape index (κ3) is 3.55. The van der Waals surface area contributed by atoms with Crippen molar-refractivity contribution in [2.45, 2.75) is 13.8 Å². The Balaban J connectivity index is 1.49. The van der Waals surface area contributed by atoms with E-state index < -0.39 is 11.5 Å². The molecule has 2 aromatic carbocycles. The highest BCUT2D eigenvalue weighted by Crippen LogP contribution is 2.24. The van der Waals surface area contributed by atoms with E-state index in [1.807, 2.05) is 6.92 Å². The van der Waals surface area contributed by atoms with Crippen molar-refractivity contribution in [1.29, 1.82) is 0 Å². The van der Waals surface area contributed by atoms with Crippen molar-refractivity contribution in [3.8, 4) is 5.75 Å². The summed E-state index contributed by atoms with van der Waals surface area (Å²) in [5.74, 6) is 0.0114. The molecule has 8 heteroatoms. The second kappa shape index (κ2) is 7.47. The number of hydrogen-bond acceptors (Lipinski definition) is 6. The number of fused-ring (bicyclic) bond motifs is 2. The van der Waals surface area contributed by atoms with Gasteiger partial charge in [-0.15, -0.1) is 0 Å². The summed E-state index contributed by atoms with van der Waals surface area (Å²) >= 11 is 0. The molecule has 2 aromatic heterocycles. The van der Waals surface area contributed by atoms with Gasteiger partial charge >= 0.3 is 5.63 Å². The summed E-state index contributed by atoms with van der Waals surface area (Å²) in [6, 6.07) is 10.0. The SMILES string of the molecule is Cc1c(C)c2ccc(OCC(=O)Nc3ccc4ncn(C)c(=O)c4c3)cc2oc1=O. The van der Waals surface area contributed by atoms with Crippen LogP contribution in [0.4, 0.5) is 5.69 Å². The number of anilines is 1. The van der Waals surface area contributed by atoms with Gasteiger partial charge < -0.3 is 19.0 Å². The average Bonchev–Trinajstić information content (AvgIpc) is 2.73.